The summed E-state index contributed by atoms with van der Waals surface area (Å²) in [7, 11) is 3.91. The zero-order valence-electron chi connectivity index (χ0n) is 17.1. The van der Waals surface area contributed by atoms with Gasteiger partial charge < -0.3 is 15.1 Å². The maximum absolute atomic E-state index is 5.45. The van der Waals surface area contributed by atoms with Crippen molar-refractivity contribution in [2.24, 2.45) is 4.99 Å². The van der Waals surface area contributed by atoms with Crippen molar-refractivity contribution in [2.75, 3.05) is 14.1 Å². The lowest BCUT2D eigenvalue weighted by atomic mass is 10.1. The standard InChI is InChI=1S/C22H28N4OS.HI/c1-17-10-12-28-21(17)14-25-22(23-2)24-13-18-7-4-5-8-19(18)15-26(3)16-20-9-6-11-27-20;/h4-12H,13-16H2,1-3H3,(H2,23,24,25);1H. The van der Waals surface area contributed by atoms with Crippen LogP contribution in [0, 0.1) is 6.92 Å². The molecule has 0 amide bonds. The number of furan rings is 1. The number of nitrogens with one attached hydrogen (secondary N) is 2. The summed E-state index contributed by atoms with van der Waals surface area (Å²) >= 11 is 1.77. The number of thiophene rings is 1. The SMILES string of the molecule is CN=C(NCc1ccccc1CN(C)Cc1ccco1)NCc1sccc1C.I. The minimum Gasteiger partial charge on any atom is -0.468 e. The quantitative estimate of drug-likeness (QED) is 0.254. The molecule has 3 aromatic rings. The van der Waals surface area contributed by atoms with Crippen LogP contribution in [0.15, 0.2) is 63.5 Å². The molecule has 0 atom stereocenters. The van der Waals surface area contributed by atoms with Crippen molar-refractivity contribution in [3.8, 4) is 0 Å². The topological polar surface area (TPSA) is 52.8 Å². The Hall–Kier alpha value is -1.84. The van der Waals surface area contributed by atoms with Gasteiger partial charge in [0.05, 0.1) is 19.4 Å². The van der Waals surface area contributed by atoms with Crippen LogP contribution in [0.4, 0.5) is 0 Å². The number of hydrogen-bond acceptors (Lipinski definition) is 4. The third-order valence-corrected chi connectivity index (χ3v) is 5.64. The molecule has 0 unspecified atom stereocenters. The number of hydrogen-bond donors (Lipinski definition) is 2. The summed E-state index contributed by atoms with van der Waals surface area (Å²) in [4.78, 5) is 7.94. The van der Waals surface area contributed by atoms with Crippen LogP contribution in [0.5, 0.6) is 0 Å². The van der Waals surface area contributed by atoms with Crippen LogP contribution < -0.4 is 10.6 Å². The zero-order valence-corrected chi connectivity index (χ0v) is 20.3. The van der Waals surface area contributed by atoms with Crippen LogP contribution in [-0.4, -0.2) is 25.0 Å². The number of aryl methyl sites for hydroxylation is 1. The molecule has 7 heteroatoms. The Labute approximate surface area is 194 Å². The van der Waals surface area contributed by atoms with Crippen LogP contribution >= 0.6 is 35.3 Å². The third-order valence-electron chi connectivity index (χ3n) is 4.62. The van der Waals surface area contributed by atoms with Gasteiger partial charge in [-0.2, -0.15) is 0 Å². The van der Waals surface area contributed by atoms with Crippen LogP contribution in [0.1, 0.15) is 27.3 Å². The van der Waals surface area contributed by atoms with Crippen LogP contribution in [0.2, 0.25) is 0 Å². The lowest BCUT2D eigenvalue weighted by Crippen LogP contribution is -2.36. The highest BCUT2D eigenvalue weighted by atomic mass is 127. The number of guanidine groups is 1. The molecule has 1 aromatic carbocycles. The first-order valence-electron chi connectivity index (χ1n) is 9.41. The molecule has 3 rings (SSSR count). The van der Waals surface area contributed by atoms with Gasteiger partial charge in [0, 0.05) is 25.0 Å². The molecule has 2 heterocycles. The van der Waals surface area contributed by atoms with Gasteiger partial charge in [-0.1, -0.05) is 24.3 Å². The van der Waals surface area contributed by atoms with Gasteiger partial charge in [-0.3, -0.25) is 9.89 Å². The van der Waals surface area contributed by atoms with E-state index >= 15 is 0 Å². The fraction of sp³-hybridized carbons (Fsp3) is 0.318. The molecule has 2 aromatic heterocycles. The van der Waals surface area contributed by atoms with E-state index in [0.717, 1.165) is 37.9 Å². The van der Waals surface area contributed by atoms with E-state index in [1.807, 2.05) is 12.1 Å². The largest absolute Gasteiger partial charge is 0.468 e. The Morgan fingerprint density at radius 3 is 2.45 bits per heavy atom. The van der Waals surface area contributed by atoms with E-state index in [-0.39, 0.29) is 24.0 Å². The van der Waals surface area contributed by atoms with Crippen LogP contribution in [-0.2, 0) is 26.2 Å². The first kappa shape index (κ1) is 23.4. The number of aliphatic imine (C=N–C) groups is 1. The number of benzene rings is 1. The van der Waals surface area contributed by atoms with Gasteiger partial charge in [0.25, 0.3) is 0 Å². The molecule has 0 bridgehead atoms. The molecule has 0 spiro atoms. The second-order valence-electron chi connectivity index (χ2n) is 6.83. The molecule has 29 heavy (non-hydrogen) atoms. The molecule has 156 valence electrons. The van der Waals surface area contributed by atoms with Crippen molar-refractivity contribution >= 4 is 41.3 Å². The Kier molecular flexibility index (Phi) is 9.69. The lowest BCUT2D eigenvalue weighted by molar-refractivity contribution is 0.287. The lowest BCUT2D eigenvalue weighted by Gasteiger charge is -2.19. The first-order valence-corrected chi connectivity index (χ1v) is 10.3. The summed E-state index contributed by atoms with van der Waals surface area (Å²) in [5.41, 5.74) is 3.88. The first-order chi connectivity index (χ1) is 13.7. The zero-order chi connectivity index (χ0) is 19.8. The molecule has 5 nitrogen and oxygen atoms in total. The molecule has 0 aliphatic rings. The third kappa shape index (κ3) is 7.17. The number of rotatable bonds is 8. The van der Waals surface area contributed by atoms with E-state index < -0.39 is 0 Å². The van der Waals surface area contributed by atoms with E-state index in [0.29, 0.717) is 0 Å². The Balaban J connectivity index is 0.00000300. The van der Waals surface area contributed by atoms with E-state index in [1.54, 1.807) is 24.6 Å². The average Bonchev–Trinajstić information content (AvgIpc) is 3.34. The molecule has 2 N–H and O–H groups in total. The van der Waals surface area contributed by atoms with Gasteiger partial charge in [0.2, 0.25) is 0 Å². The molecule has 0 saturated heterocycles. The van der Waals surface area contributed by atoms with E-state index in [1.165, 1.54) is 21.6 Å². The highest BCUT2D eigenvalue weighted by Gasteiger charge is 2.08. The molecule has 0 aliphatic carbocycles. The maximum atomic E-state index is 5.45. The van der Waals surface area contributed by atoms with Gasteiger partial charge in [-0.15, -0.1) is 35.3 Å². The average molecular weight is 524 g/mol. The molecular formula is C22H29IN4OS. The van der Waals surface area contributed by atoms with Crippen LogP contribution in [0.3, 0.4) is 0 Å². The summed E-state index contributed by atoms with van der Waals surface area (Å²) in [5, 5.41) is 8.96. The smallest absolute Gasteiger partial charge is 0.191 e. The van der Waals surface area contributed by atoms with Crippen molar-refractivity contribution in [2.45, 2.75) is 33.1 Å². The van der Waals surface area contributed by atoms with Crippen molar-refractivity contribution < 1.29 is 4.42 Å². The van der Waals surface area contributed by atoms with Gasteiger partial charge in [0.15, 0.2) is 5.96 Å². The van der Waals surface area contributed by atoms with Gasteiger partial charge in [0.1, 0.15) is 5.76 Å². The van der Waals surface area contributed by atoms with Crippen molar-refractivity contribution in [3.05, 3.63) is 81.4 Å². The summed E-state index contributed by atoms with van der Waals surface area (Å²) in [6.07, 6.45) is 1.72. The summed E-state index contributed by atoms with van der Waals surface area (Å²) < 4.78 is 5.45. The monoisotopic (exact) mass is 524 g/mol. The molecular weight excluding hydrogens is 495 g/mol. The summed E-state index contributed by atoms with van der Waals surface area (Å²) in [6, 6.07) is 14.6. The maximum Gasteiger partial charge on any atom is 0.191 e. The van der Waals surface area contributed by atoms with Crippen LogP contribution in [0.25, 0.3) is 0 Å². The number of nitrogens with zero attached hydrogens (tertiary/aromatic N) is 2. The Morgan fingerprint density at radius 2 is 1.79 bits per heavy atom. The fourth-order valence-corrected chi connectivity index (χ4v) is 3.89. The van der Waals surface area contributed by atoms with E-state index in [9.17, 15) is 0 Å². The summed E-state index contributed by atoms with van der Waals surface area (Å²) in [5.74, 6) is 1.79. The minimum absolute atomic E-state index is 0. The number of halogens is 1. The predicted molar refractivity (Wildman–Crippen MR) is 132 cm³/mol. The van der Waals surface area contributed by atoms with E-state index in [2.05, 4.69) is 70.2 Å². The van der Waals surface area contributed by atoms with Gasteiger partial charge in [-0.25, -0.2) is 0 Å². The Bertz CT molecular complexity index is 892. The summed E-state index contributed by atoms with van der Waals surface area (Å²) in [6.45, 7) is 5.31. The molecule has 0 aliphatic heterocycles. The van der Waals surface area contributed by atoms with Crippen molar-refractivity contribution in [1.82, 2.24) is 15.5 Å². The van der Waals surface area contributed by atoms with Gasteiger partial charge in [-0.05, 0) is 54.2 Å². The van der Waals surface area contributed by atoms with Gasteiger partial charge >= 0.3 is 0 Å². The minimum atomic E-state index is 0. The highest BCUT2D eigenvalue weighted by Crippen LogP contribution is 2.15. The van der Waals surface area contributed by atoms with E-state index in [4.69, 9.17) is 4.42 Å². The second kappa shape index (κ2) is 12.0. The second-order valence-corrected chi connectivity index (χ2v) is 7.83. The highest BCUT2D eigenvalue weighted by molar-refractivity contribution is 14.0. The molecule has 0 saturated carbocycles. The fourth-order valence-electron chi connectivity index (χ4n) is 3.05. The molecule has 0 fully saturated rings. The van der Waals surface area contributed by atoms with Crippen molar-refractivity contribution in [1.29, 1.82) is 0 Å². The Morgan fingerprint density at radius 1 is 1.03 bits per heavy atom. The van der Waals surface area contributed by atoms with Crippen molar-refractivity contribution in [3.63, 3.8) is 0 Å². The molecule has 0 radical (unpaired) electrons. The predicted octanol–water partition coefficient (Wildman–Crippen LogP) is 4.76. The normalized spacial score (nSPS) is 11.4.